The van der Waals surface area contributed by atoms with Crippen LogP contribution in [0.3, 0.4) is 0 Å². The summed E-state index contributed by atoms with van der Waals surface area (Å²) in [6.07, 6.45) is 24.0. The van der Waals surface area contributed by atoms with Crippen LogP contribution in [-0.2, 0) is 121 Å². The van der Waals surface area contributed by atoms with Crippen LogP contribution in [0.25, 0.3) is 0 Å². The number of nitrogens with two attached hydrogens (primary N) is 2. The molecule has 0 heterocycles. The number of likely N-dealkylation sites (N-methyl/N-ethyl adjacent to an activating group) is 1. The summed E-state index contributed by atoms with van der Waals surface area (Å²) in [6.45, 7) is 12.6. The van der Waals surface area contributed by atoms with Gasteiger partial charge in [0.15, 0.2) is 11.6 Å². The number of hydrogen-bond acceptors (Lipinski definition) is 28. The predicted octanol–water partition coefficient (Wildman–Crippen LogP) is 9.15. The molecule has 1 aromatic carbocycles. The van der Waals surface area contributed by atoms with Gasteiger partial charge in [-0.1, -0.05) is 103 Å². The summed E-state index contributed by atoms with van der Waals surface area (Å²) in [4.78, 5) is 166. The van der Waals surface area contributed by atoms with Crippen LogP contribution in [0.4, 0.5) is 0 Å². The molecule has 776 valence electrons. The minimum absolute atomic E-state index is 0.0108. The number of aromatic hydroxyl groups is 1. The zero-order valence-corrected chi connectivity index (χ0v) is 82.5. The van der Waals surface area contributed by atoms with Crippen LogP contribution in [0.5, 0.6) is 5.75 Å². The maximum absolute atomic E-state index is 14.0. The van der Waals surface area contributed by atoms with Crippen LogP contribution in [0.2, 0.25) is 0 Å². The number of carbonyl (C=O) groups excluding carboxylic acids is 12. The first-order valence-electron chi connectivity index (χ1n) is 49.6. The Bertz CT molecular complexity index is 3510. The molecule has 0 aromatic heterocycles. The van der Waals surface area contributed by atoms with Gasteiger partial charge in [-0.2, -0.15) is 8.42 Å². The van der Waals surface area contributed by atoms with Gasteiger partial charge in [-0.3, -0.25) is 72.4 Å². The number of carboxylic acid groups (broad SMARTS) is 1. The average Bonchev–Trinajstić information content (AvgIpc) is 0.852. The van der Waals surface area contributed by atoms with Crippen molar-refractivity contribution in [3.8, 4) is 5.75 Å². The van der Waals surface area contributed by atoms with Gasteiger partial charge in [-0.15, -0.1) is 0 Å². The average molecular weight is 1940 g/mol. The van der Waals surface area contributed by atoms with Crippen LogP contribution in [0, 0.1) is 17.2 Å². The monoisotopic (exact) mass is 1940 g/mol. The van der Waals surface area contributed by atoms with Crippen molar-refractivity contribution >= 4 is 92.1 Å². The highest BCUT2D eigenvalue weighted by molar-refractivity contribution is 7.85. The zero-order valence-electron chi connectivity index (χ0n) is 81.6. The second-order valence-corrected chi connectivity index (χ2v) is 36.5. The Kier molecular flexibility index (Phi) is 79.3. The standard InChI is InChI=1S/C97H170N10O27S/c1-77(2)72-84(112)75-105-85(89(114)76-107(3)87(34-16-17-35-90(98)99)88(113)74-79(96(100)120)73-78-37-39-83(111)40-38-78)33-18-22-49-101-91(115)45-41-80(108)30-19-23-53-126-59-65-132-66-60-127-54-24-20-31-81(109)42-46-92(116)102-50-27-56-129-63-69-134-70-64-130-57-28-51-103-93(117)47-43-82(110)32-21-25-55-128-61-67-133-68-62-131-58-29-52-104-94(118)48-44-86(97(121)122)106-95(119)36-15-13-11-9-7-5-4-6-8-10-12-14-26-71-135(123,124)125/h37-40,77,79,85-87,105,111H,4-36,41-76H2,1-3H3,(H3,98,99)(H2,100,120)(H,101,115)(H,102,116)(H,103,117)(H,104,118)(H,106,119)(H,121,122)(H,123,124,125)/t79-,85+,86+,87+/m1/s1. The largest absolute Gasteiger partial charge is 0.508 e. The summed E-state index contributed by atoms with van der Waals surface area (Å²) >= 11 is 0. The molecule has 38 heteroatoms. The second-order valence-electron chi connectivity index (χ2n) is 35.0. The van der Waals surface area contributed by atoms with Gasteiger partial charge in [-0.25, -0.2) is 4.79 Å². The summed E-state index contributed by atoms with van der Waals surface area (Å²) in [6, 6.07) is 3.69. The van der Waals surface area contributed by atoms with Crippen LogP contribution in [0.1, 0.15) is 296 Å². The van der Waals surface area contributed by atoms with Crippen molar-refractivity contribution < 1.29 is 128 Å². The molecule has 0 fully saturated rings. The molecule has 0 saturated carbocycles. The number of ether oxygens (including phenoxy) is 9. The van der Waals surface area contributed by atoms with Crippen molar-refractivity contribution in [3.63, 3.8) is 0 Å². The Morgan fingerprint density at radius 3 is 1.14 bits per heavy atom. The lowest BCUT2D eigenvalue weighted by molar-refractivity contribution is -0.142. The number of Topliss-reactive ketones (excluding diaryl/α,β-unsaturated/α-hetero) is 6. The molecule has 0 radical (unpaired) electrons. The van der Waals surface area contributed by atoms with E-state index in [0.29, 0.717) is 286 Å². The van der Waals surface area contributed by atoms with E-state index in [1.54, 1.807) is 24.1 Å². The lowest BCUT2D eigenvalue weighted by Crippen LogP contribution is -2.48. The van der Waals surface area contributed by atoms with Crippen molar-refractivity contribution in [2.45, 2.75) is 314 Å². The normalized spacial score (nSPS) is 12.4. The molecule has 0 unspecified atom stereocenters. The predicted molar refractivity (Wildman–Crippen MR) is 513 cm³/mol. The first-order chi connectivity index (χ1) is 64.9. The molecule has 6 amide bonds. The molecule has 37 nitrogen and oxygen atoms in total. The first kappa shape index (κ1) is 125. The van der Waals surface area contributed by atoms with E-state index in [9.17, 15) is 81.0 Å². The lowest BCUT2D eigenvalue weighted by atomic mass is 9.89. The smallest absolute Gasteiger partial charge is 0.326 e. The van der Waals surface area contributed by atoms with Crippen molar-refractivity contribution in [3.05, 3.63) is 29.8 Å². The lowest BCUT2D eigenvalue weighted by Gasteiger charge is -2.29. The molecule has 4 atom stereocenters. The van der Waals surface area contributed by atoms with E-state index >= 15 is 0 Å². The van der Waals surface area contributed by atoms with Crippen molar-refractivity contribution in [1.29, 1.82) is 5.41 Å². The molecule has 0 aliphatic rings. The van der Waals surface area contributed by atoms with Gasteiger partial charge in [0, 0.05) is 162 Å². The van der Waals surface area contributed by atoms with Gasteiger partial charge in [0.1, 0.15) is 34.9 Å². The fourth-order valence-corrected chi connectivity index (χ4v) is 14.9. The van der Waals surface area contributed by atoms with Gasteiger partial charge < -0.3 is 96.2 Å². The highest BCUT2D eigenvalue weighted by Gasteiger charge is 2.31. The van der Waals surface area contributed by atoms with Gasteiger partial charge >= 0.3 is 5.97 Å². The molecule has 0 aliphatic carbocycles. The summed E-state index contributed by atoms with van der Waals surface area (Å²) in [7, 11) is -2.19. The number of carbonyl (C=O) groups is 13. The number of primary amides is 1. The number of benzene rings is 1. The van der Waals surface area contributed by atoms with Gasteiger partial charge in [-0.05, 0) is 146 Å². The van der Waals surface area contributed by atoms with Crippen LogP contribution >= 0.6 is 0 Å². The Balaban J connectivity index is 1.97. The molecule has 0 bridgehead atoms. The number of unbranched alkanes of at least 4 members (excludes halogenated alkanes) is 17. The van der Waals surface area contributed by atoms with Crippen molar-refractivity contribution in [2.75, 3.05) is 171 Å². The number of phenols is 1. The Morgan fingerprint density at radius 1 is 0.385 bits per heavy atom. The molecular weight excluding hydrogens is 1770 g/mol. The van der Waals surface area contributed by atoms with E-state index in [0.717, 1.165) is 76.2 Å². The number of nitrogens with zero attached hydrogens (tertiary/aromatic N) is 1. The minimum Gasteiger partial charge on any atom is -0.508 e. The second kappa shape index (κ2) is 85.5. The molecular formula is C97H170N10O27S. The quantitative estimate of drug-likeness (QED) is 0.0125. The maximum Gasteiger partial charge on any atom is 0.326 e. The highest BCUT2D eigenvalue weighted by Crippen LogP contribution is 2.22. The van der Waals surface area contributed by atoms with Gasteiger partial charge in [0.05, 0.1) is 116 Å². The number of rotatable bonds is 100. The summed E-state index contributed by atoms with van der Waals surface area (Å²) in [5.74, 6) is -4.39. The van der Waals surface area contributed by atoms with E-state index in [-0.39, 0.29) is 171 Å². The van der Waals surface area contributed by atoms with Crippen LogP contribution < -0.4 is 43.4 Å². The van der Waals surface area contributed by atoms with Crippen LogP contribution in [0.15, 0.2) is 24.3 Å². The molecule has 1 rings (SSSR count). The summed E-state index contributed by atoms with van der Waals surface area (Å²) < 4.78 is 80.5. The summed E-state index contributed by atoms with van der Waals surface area (Å²) in [5, 5.41) is 43.9. The third kappa shape index (κ3) is 80.9. The van der Waals surface area contributed by atoms with Crippen LogP contribution in [-0.4, -0.2) is 299 Å². The number of nitrogens with one attached hydrogen (secondary N) is 7. The molecule has 14 N–H and O–H groups in total. The fourth-order valence-electron chi connectivity index (χ4n) is 14.4. The van der Waals surface area contributed by atoms with Gasteiger partial charge in [0.2, 0.25) is 35.4 Å². The fraction of sp³-hybridized carbons (Fsp3) is 0.794. The van der Waals surface area contributed by atoms with E-state index < -0.39 is 46.0 Å². The number of carboxylic acids is 1. The Hall–Kier alpha value is -7.73. The number of aliphatic carboxylic acids is 1. The molecule has 0 spiro atoms. The molecule has 135 heavy (non-hydrogen) atoms. The van der Waals surface area contributed by atoms with Crippen molar-refractivity contribution in [1.82, 2.24) is 36.8 Å². The topological polar surface area (TPSA) is 551 Å². The minimum atomic E-state index is -3.86. The third-order valence-corrected chi connectivity index (χ3v) is 22.9. The number of hydrogen-bond donors (Lipinski definition) is 12. The Labute approximate surface area is 802 Å². The summed E-state index contributed by atoms with van der Waals surface area (Å²) in [5.41, 5.74) is 12.1. The number of phenolic OH excluding ortho intramolecular Hbond substituents is 1. The zero-order chi connectivity index (χ0) is 99.4. The molecule has 1 aromatic rings. The number of amidine groups is 1. The number of ketones is 6. The molecule has 0 aliphatic heterocycles. The van der Waals surface area contributed by atoms with Crippen molar-refractivity contribution in [2.24, 2.45) is 23.3 Å². The van der Waals surface area contributed by atoms with E-state index in [1.165, 1.54) is 12.1 Å². The highest BCUT2D eigenvalue weighted by atomic mass is 32.2. The Morgan fingerprint density at radius 2 is 0.748 bits per heavy atom. The first-order valence-corrected chi connectivity index (χ1v) is 51.2. The number of amides is 6. The SMILES string of the molecule is CC(C)CC(=O)CN[C@@H](CCCCNC(=O)CCC(=O)CCCCOCCOCCOCCCCC(=O)CCC(=O)NCCCOCCOCCOCCCNC(=O)CCC(=O)CCCCOCCOCCOCCCNC(=O)CC[C@H](NC(=O)CCCCCCCCCCCCCCCS(=O)(=O)O)C(=O)O)C(=O)CN(C)[C@@H](CCCCC(=N)N)C(=O)C[C@@H](Cc1ccc(O)cc1)C(N)=O. The molecule has 0 saturated heterocycles. The maximum atomic E-state index is 14.0. The third-order valence-electron chi connectivity index (χ3n) is 22.1. The van der Waals surface area contributed by atoms with E-state index in [1.807, 2.05) is 13.8 Å². The van der Waals surface area contributed by atoms with Gasteiger partial charge in [0.25, 0.3) is 10.1 Å². The van der Waals surface area contributed by atoms with E-state index in [2.05, 4.69) is 31.9 Å². The van der Waals surface area contributed by atoms with E-state index in [4.69, 9.17) is 64.1 Å².